The van der Waals surface area contributed by atoms with Crippen LogP contribution in [0.2, 0.25) is 0 Å². The van der Waals surface area contributed by atoms with Crippen LogP contribution in [0.1, 0.15) is 22.3 Å². The van der Waals surface area contributed by atoms with E-state index in [-0.39, 0.29) is 0 Å². The number of para-hydroxylation sites is 4. The van der Waals surface area contributed by atoms with Gasteiger partial charge in [-0.3, -0.25) is 0 Å². The molecule has 0 saturated heterocycles. The van der Waals surface area contributed by atoms with Gasteiger partial charge in [-0.1, -0.05) is 176 Å². The Morgan fingerprint density at radius 1 is 0.302 bits per heavy atom. The van der Waals surface area contributed by atoms with Gasteiger partial charge >= 0.3 is 0 Å². The summed E-state index contributed by atoms with van der Waals surface area (Å²) in [7, 11) is 0. The van der Waals surface area contributed by atoms with Gasteiger partial charge in [0.15, 0.2) is 0 Å². The molecule has 1 heterocycles. The molecular weight excluding hydrogens is 761 g/mol. The lowest BCUT2D eigenvalue weighted by molar-refractivity contribution is 0.769. The summed E-state index contributed by atoms with van der Waals surface area (Å²) in [4.78, 5) is 2.33. The van der Waals surface area contributed by atoms with Gasteiger partial charge in [-0.2, -0.15) is 0 Å². The van der Waals surface area contributed by atoms with Crippen molar-refractivity contribution in [2.45, 2.75) is 5.41 Å². The molecule has 11 aromatic rings. The molecule has 2 heteroatoms. The fraction of sp³-hybridized carbons (Fsp3) is 0.0164. The Hall–Kier alpha value is -8.20. The first-order chi connectivity index (χ1) is 31.3. The molecule has 12 rings (SSSR count). The third-order valence-electron chi connectivity index (χ3n) is 13.1. The summed E-state index contributed by atoms with van der Waals surface area (Å²) in [5.74, 6) is 0. The van der Waals surface area contributed by atoms with Crippen LogP contribution in [0, 0.1) is 0 Å². The normalized spacial score (nSPS) is 12.6. The molecular formula is C61H42N2. The highest BCUT2D eigenvalue weighted by Crippen LogP contribution is 2.58. The Morgan fingerprint density at radius 2 is 0.794 bits per heavy atom. The van der Waals surface area contributed by atoms with Gasteiger partial charge in [-0.05, 0) is 134 Å². The first-order valence-electron chi connectivity index (χ1n) is 21.8. The minimum absolute atomic E-state index is 0.522. The van der Waals surface area contributed by atoms with Crippen molar-refractivity contribution in [3.63, 3.8) is 0 Å². The Balaban J connectivity index is 1.13. The maximum absolute atomic E-state index is 2.52. The summed E-state index contributed by atoms with van der Waals surface area (Å²) in [6.45, 7) is 0. The summed E-state index contributed by atoms with van der Waals surface area (Å²) in [5, 5.41) is 2.48. The lowest BCUT2D eigenvalue weighted by Gasteiger charge is -2.34. The fourth-order valence-corrected chi connectivity index (χ4v) is 10.4. The average molecular weight is 803 g/mol. The van der Waals surface area contributed by atoms with Crippen LogP contribution in [-0.4, -0.2) is 4.57 Å². The summed E-state index contributed by atoms with van der Waals surface area (Å²) < 4.78 is 2.40. The van der Waals surface area contributed by atoms with Crippen molar-refractivity contribution in [1.29, 1.82) is 0 Å². The van der Waals surface area contributed by atoms with Crippen molar-refractivity contribution in [2.75, 3.05) is 4.90 Å². The molecule has 0 spiro atoms. The fourth-order valence-electron chi connectivity index (χ4n) is 10.4. The van der Waals surface area contributed by atoms with Gasteiger partial charge in [0.2, 0.25) is 0 Å². The van der Waals surface area contributed by atoms with Crippen molar-refractivity contribution in [3.8, 4) is 39.1 Å². The van der Waals surface area contributed by atoms with E-state index in [4.69, 9.17) is 0 Å². The van der Waals surface area contributed by atoms with E-state index in [1.165, 1.54) is 71.9 Å². The van der Waals surface area contributed by atoms with Crippen molar-refractivity contribution < 1.29 is 0 Å². The SMILES string of the molecule is c1ccc(N(c2ccccc2)c2ccc(-c3cc4c(cc3-c3ccc5c(c3)c3ccccc3n5-c3ccccc3)-c3ccccc3C4(c3ccccc3)c3ccccc3)cc2)cc1. The quantitative estimate of drug-likeness (QED) is 0.149. The third-order valence-corrected chi connectivity index (χ3v) is 13.1. The predicted octanol–water partition coefficient (Wildman–Crippen LogP) is 16.0. The van der Waals surface area contributed by atoms with Crippen LogP contribution in [0.15, 0.2) is 255 Å². The maximum Gasteiger partial charge on any atom is 0.0713 e. The molecule has 0 atom stereocenters. The van der Waals surface area contributed by atoms with E-state index in [2.05, 4.69) is 264 Å². The molecule has 0 N–H and O–H groups in total. The number of hydrogen-bond donors (Lipinski definition) is 0. The Bertz CT molecular complexity index is 3330. The zero-order valence-electron chi connectivity index (χ0n) is 34.6. The number of nitrogens with zero attached hydrogens (tertiary/aromatic N) is 2. The average Bonchev–Trinajstić information content (AvgIpc) is 3.85. The van der Waals surface area contributed by atoms with E-state index in [1.807, 2.05) is 0 Å². The van der Waals surface area contributed by atoms with Crippen molar-refractivity contribution >= 4 is 38.9 Å². The van der Waals surface area contributed by atoms with Crippen LogP contribution in [0.5, 0.6) is 0 Å². The van der Waals surface area contributed by atoms with Crippen LogP contribution >= 0.6 is 0 Å². The highest BCUT2D eigenvalue weighted by Gasteiger charge is 2.46. The molecule has 296 valence electrons. The smallest absolute Gasteiger partial charge is 0.0713 e. The molecule has 1 aromatic heterocycles. The number of anilines is 3. The van der Waals surface area contributed by atoms with Gasteiger partial charge < -0.3 is 9.47 Å². The second-order valence-corrected chi connectivity index (χ2v) is 16.4. The highest BCUT2D eigenvalue weighted by atomic mass is 15.1. The van der Waals surface area contributed by atoms with E-state index in [1.54, 1.807) is 0 Å². The van der Waals surface area contributed by atoms with Gasteiger partial charge in [-0.25, -0.2) is 0 Å². The van der Waals surface area contributed by atoms with Gasteiger partial charge in [-0.15, -0.1) is 0 Å². The standard InChI is InChI=1S/C61H42N2/c1-6-20-45(21-7-1)61(46-22-8-2-9-23-46)57-32-18-16-30-51(57)55-41-53(44-36-39-60-56(40-44)52-31-17-19-33-59(52)63(60)49-28-14-5-15-29-49)54(42-58(55)61)43-34-37-50(38-35-43)62(47-24-10-3-11-25-47)48-26-12-4-13-27-48/h1-42H. The summed E-state index contributed by atoms with van der Waals surface area (Å²) in [6.07, 6.45) is 0. The predicted molar refractivity (Wildman–Crippen MR) is 264 cm³/mol. The molecule has 1 aliphatic rings. The van der Waals surface area contributed by atoms with Crippen LogP contribution in [0.4, 0.5) is 17.1 Å². The number of fused-ring (bicyclic) bond motifs is 6. The molecule has 63 heavy (non-hydrogen) atoms. The maximum atomic E-state index is 2.52. The Morgan fingerprint density at radius 3 is 1.44 bits per heavy atom. The van der Waals surface area contributed by atoms with Gasteiger partial charge in [0.25, 0.3) is 0 Å². The number of benzene rings is 10. The van der Waals surface area contributed by atoms with Crippen molar-refractivity contribution in [3.05, 3.63) is 277 Å². The first-order valence-corrected chi connectivity index (χ1v) is 21.8. The van der Waals surface area contributed by atoms with Crippen molar-refractivity contribution in [2.24, 2.45) is 0 Å². The van der Waals surface area contributed by atoms with E-state index < -0.39 is 5.41 Å². The third kappa shape index (κ3) is 5.87. The van der Waals surface area contributed by atoms with E-state index in [0.717, 1.165) is 28.3 Å². The molecule has 2 nitrogen and oxygen atoms in total. The summed E-state index contributed by atoms with van der Waals surface area (Å²) in [5.41, 5.74) is 18.8. The zero-order valence-corrected chi connectivity index (χ0v) is 34.6. The molecule has 0 saturated carbocycles. The molecule has 0 bridgehead atoms. The number of aromatic nitrogens is 1. The van der Waals surface area contributed by atoms with Gasteiger partial charge in [0.05, 0.1) is 16.4 Å². The molecule has 0 amide bonds. The minimum atomic E-state index is -0.522. The number of hydrogen-bond acceptors (Lipinski definition) is 1. The molecule has 1 aliphatic carbocycles. The molecule has 0 aliphatic heterocycles. The van der Waals surface area contributed by atoms with Crippen LogP contribution in [0.3, 0.4) is 0 Å². The number of rotatable bonds is 8. The zero-order chi connectivity index (χ0) is 41.7. The molecule has 0 radical (unpaired) electrons. The van der Waals surface area contributed by atoms with Gasteiger partial charge in [0, 0.05) is 33.5 Å². The summed E-state index contributed by atoms with van der Waals surface area (Å²) >= 11 is 0. The Labute approximate surface area is 368 Å². The van der Waals surface area contributed by atoms with Crippen LogP contribution < -0.4 is 4.90 Å². The highest BCUT2D eigenvalue weighted by molar-refractivity contribution is 6.11. The minimum Gasteiger partial charge on any atom is -0.311 e. The molecule has 10 aromatic carbocycles. The first kappa shape index (κ1) is 36.6. The lowest BCUT2D eigenvalue weighted by Crippen LogP contribution is -2.28. The second-order valence-electron chi connectivity index (χ2n) is 16.4. The van der Waals surface area contributed by atoms with Crippen molar-refractivity contribution in [1.82, 2.24) is 4.57 Å². The monoisotopic (exact) mass is 802 g/mol. The van der Waals surface area contributed by atoms with E-state index in [9.17, 15) is 0 Å². The lowest BCUT2D eigenvalue weighted by atomic mass is 9.67. The van der Waals surface area contributed by atoms with Gasteiger partial charge in [0.1, 0.15) is 0 Å². The van der Waals surface area contributed by atoms with E-state index in [0.29, 0.717) is 0 Å². The Kier molecular flexibility index (Phi) is 8.76. The summed E-state index contributed by atoms with van der Waals surface area (Å²) in [6, 6.07) is 93.3. The van der Waals surface area contributed by atoms with Crippen LogP contribution in [-0.2, 0) is 5.41 Å². The topological polar surface area (TPSA) is 8.17 Å². The van der Waals surface area contributed by atoms with Crippen LogP contribution in [0.25, 0.3) is 60.9 Å². The van der Waals surface area contributed by atoms with E-state index >= 15 is 0 Å². The molecule has 0 unspecified atom stereocenters. The largest absolute Gasteiger partial charge is 0.311 e. The second kappa shape index (κ2) is 15.1. The molecule has 0 fully saturated rings.